The molecule has 2 heterocycles. The molecule has 0 aliphatic carbocycles. The van der Waals surface area contributed by atoms with Gasteiger partial charge in [-0.3, -0.25) is 13.9 Å². The van der Waals surface area contributed by atoms with Crippen molar-refractivity contribution in [2.24, 2.45) is 21.1 Å². The number of rotatable bonds is 5. The summed E-state index contributed by atoms with van der Waals surface area (Å²) < 4.78 is 20.1. The van der Waals surface area contributed by atoms with Gasteiger partial charge >= 0.3 is 5.69 Å². The minimum atomic E-state index is -0.421. The van der Waals surface area contributed by atoms with Crippen LogP contribution in [-0.2, 0) is 21.1 Å². The molecule has 1 aromatic carbocycles. The van der Waals surface area contributed by atoms with Gasteiger partial charge in [0.15, 0.2) is 22.7 Å². The van der Waals surface area contributed by atoms with Gasteiger partial charge in [-0.25, -0.2) is 9.78 Å². The van der Waals surface area contributed by atoms with Crippen LogP contribution in [0.5, 0.6) is 17.2 Å². The molecule has 0 fully saturated rings. The molecular weight excluding hydrogens is 364 g/mol. The summed E-state index contributed by atoms with van der Waals surface area (Å²) in [5.41, 5.74) is 0.675. The molecule has 3 rings (SSSR count). The minimum absolute atomic E-state index is 0.333. The predicted molar refractivity (Wildman–Crippen MR) is 106 cm³/mol. The van der Waals surface area contributed by atoms with E-state index >= 15 is 0 Å². The van der Waals surface area contributed by atoms with Crippen molar-refractivity contribution in [3.05, 3.63) is 44.4 Å². The highest BCUT2D eigenvalue weighted by atomic mass is 16.5. The summed E-state index contributed by atoms with van der Waals surface area (Å²) in [4.78, 5) is 29.0. The van der Waals surface area contributed by atoms with Crippen LogP contribution in [0.3, 0.4) is 0 Å². The summed E-state index contributed by atoms with van der Waals surface area (Å²) in [5, 5.41) is 0. The average Bonchev–Trinajstić information content (AvgIpc) is 3.04. The Balaban J connectivity index is 2.14. The lowest BCUT2D eigenvalue weighted by Crippen LogP contribution is -2.37. The number of imidazole rings is 1. The van der Waals surface area contributed by atoms with Crippen LogP contribution in [0, 0.1) is 0 Å². The molecule has 9 heteroatoms. The maximum atomic E-state index is 12.5. The molecule has 0 unspecified atom stereocenters. The number of fused-ring (bicyclic) bond motifs is 1. The van der Waals surface area contributed by atoms with Crippen LogP contribution in [0.2, 0.25) is 0 Å². The quantitative estimate of drug-likeness (QED) is 0.654. The van der Waals surface area contributed by atoms with Gasteiger partial charge in [-0.1, -0.05) is 6.08 Å². The van der Waals surface area contributed by atoms with E-state index in [1.807, 2.05) is 6.08 Å². The van der Waals surface area contributed by atoms with Gasteiger partial charge in [0.05, 0.1) is 21.3 Å². The Morgan fingerprint density at radius 3 is 2.00 bits per heavy atom. The molecular formula is C19H22N4O5. The van der Waals surface area contributed by atoms with E-state index in [-0.39, 0.29) is 5.56 Å². The van der Waals surface area contributed by atoms with E-state index in [4.69, 9.17) is 14.2 Å². The first kappa shape index (κ1) is 19.3. The fourth-order valence-electron chi connectivity index (χ4n) is 3.05. The fourth-order valence-corrected chi connectivity index (χ4v) is 3.05. The Bertz CT molecular complexity index is 1170. The fraction of sp³-hybridized carbons (Fsp3) is 0.316. The number of ether oxygens (including phenoxy) is 3. The highest BCUT2D eigenvalue weighted by molar-refractivity contribution is 5.77. The molecule has 0 aliphatic rings. The number of benzene rings is 1. The van der Waals surface area contributed by atoms with Crippen LogP contribution in [0.15, 0.2) is 21.7 Å². The van der Waals surface area contributed by atoms with Crippen molar-refractivity contribution < 1.29 is 14.2 Å². The molecule has 0 N–H and O–H groups in total. The summed E-state index contributed by atoms with van der Waals surface area (Å²) in [7, 11) is 9.40. The minimum Gasteiger partial charge on any atom is -0.493 e. The summed E-state index contributed by atoms with van der Waals surface area (Å²) in [6.45, 7) is 0. The van der Waals surface area contributed by atoms with Crippen LogP contribution < -0.4 is 25.5 Å². The van der Waals surface area contributed by atoms with E-state index in [0.717, 1.165) is 10.1 Å². The van der Waals surface area contributed by atoms with Crippen LogP contribution in [0.1, 0.15) is 11.4 Å². The van der Waals surface area contributed by atoms with Gasteiger partial charge in [0.25, 0.3) is 5.56 Å². The highest BCUT2D eigenvalue weighted by Gasteiger charge is 2.16. The van der Waals surface area contributed by atoms with Crippen molar-refractivity contribution in [2.75, 3.05) is 21.3 Å². The van der Waals surface area contributed by atoms with Gasteiger partial charge in [-0.15, -0.1) is 0 Å². The number of aryl methyl sites for hydroxylation is 2. The maximum absolute atomic E-state index is 12.5. The topological polar surface area (TPSA) is 89.5 Å². The van der Waals surface area contributed by atoms with Crippen molar-refractivity contribution >= 4 is 23.3 Å². The Morgan fingerprint density at radius 1 is 0.857 bits per heavy atom. The molecule has 0 spiro atoms. The third kappa shape index (κ3) is 2.94. The first-order valence-corrected chi connectivity index (χ1v) is 8.44. The van der Waals surface area contributed by atoms with E-state index < -0.39 is 5.69 Å². The van der Waals surface area contributed by atoms with Gasteiger partial charge in [0.2, 0.25) is 5.75 Å². The Hall–Kier alpha value is -3.49. The van der Waals surface area contributed by atoms with Crippen molar-refractivity contribution in [3.8, 4) is 17.2 Å². The lowest BCUT2D eigenvalue weighted by molar-refractivity contribution is 0.324. The Labute approximate surface area is 161 Å². The predicted octanol–water partition coefficient (Wildman–Crippen LogP) is 1.17. The van der Waals surface area contributed by atoms with Gasteiger partial charge in [0, 0.05) is 21.1 Å². The molecule has 3 aromatic rings. The number of aromatic nitrogens is 4. The van der Waals surface area contributed by atoms with E-state index in [1.165, 1.54) is 11.6 Å². The number of nitrogens with zero attached hydrogens (tertiary/aromatic N) is 4. The zero-order chi connectivity index (χ0) is 20.6. The van der Waals surface area contributed by atoms with Crippen molar-refractivity contribution in [1.82, 2.24) is 18.7 Å². The van der Waals surface area contributed by atoms with Gasteiger partial charge < -0.3 is 18.8 Å². The van der Waals surface area contributed by atoms with Crippen LogP contribution in [0.25, 0.3) is 23.3 Å². The van der Waals surface area contributed by atoms with Crippen molar-refractivity contribution in [1.29, 1.82) is 0 Å². The maximum Gasteiger partial charge on any atom is 0.332 e. The summed E-state index contributed by atoms with van der Waals surface area (Å²) in [6, 6.07) is 3.60. The Kier molecular flexibility index (Phi) is 5.00. The number of hydrogen-bond acceptors (Lipinski definition) is 6. The lowest BCUT2D eigenvalue weighted by atomic mass is 10.1. The lowest BCUT2D eigenvalue weighted by Gasteiger charge is -2.12. The van der Waals surface area contributed by atoms with Gasteiger partial charge in [-0.2, -0.15) is 0 Å². The molecule has 0 radical (unpaired) electrons. The molecule has 2 aromatic heterocycles. The van der Waals surface area contributed by atoms with Gasteiger partial charge in [0.1, 0.15) is 5.82 Å². The monoisotopic (exact) mass is 386 g/mol. The van der Waals surface area contributed by atoms with Crippen LogP contribution in [-0.4, -0.2) is 40.0 Å². The highest BCUT2D eigenvalue weighted by Crippen LogP contribution is 2.38. The van der Waals surface area contributed by atoms with Crippen LogP contribution >= 0.6 is 0 Å². The molecule has 0 amide bonds. The zero-order valence-corrected chi connectivity index (χ0v) is 16.6. The summed E-state index contributed by atoms with van der Waals surface area (Å²) in [5.74, 6) is 2.09. The average molecular weight is 386 g/mol. The molecule has 9 nitrogen and oxygen atoms in total. The van der Waals surface area contributed by atoms with E-state index in [9.17, 15) is 9.59 Å². The second-order valence-corrected chi connectivity index (χ2v) is 6.20. The Morgan fingerprint density at radius 2 is 1.46 bits per heavy atom. The smallest absolute Gasteiger partial charge is 0.332 e. The molecule has 0 aliphatic heterocycles. The number of hydrogen-bond donors (Lipinski definition) is 0. The van der Waals surface area contributed by atoms with E-state index in [1.54, 1.807) is 58.2 Å². The van der Waals surface area contributed by atoms with E-state index in [0.29, 0.717) is 34.2 Å². The zero-order valence-electron chi connectivity index (χ0n) is 16.6. The molecule has 0 saturated heterocycles. The second kappa shape index (κ2) is 7.26. The summed E-state index contributed by atoms with van der Waals surface area (Å²) in [6.07, 6.45) is 3.57. The van der Waals surface area contributed by atoms with Crippen molar-refractivity contribution in [2.45, 2.75) is 0 Å². The SMILES string of the molecule is COc1cc(C=Cc2nc3c(c(=O)n(C)c(=O)n3C)n2C)cc(OC)c1OC. The molecule has 148 valence electrons. The third-order valence-corrected chi connectivity index (χ3v) is 4.62. The van der Waals surface area contributed by atoms with E-state index in [2.05, 4.69) is 4.98 Å². The summed E-state index contributed by atoms with van der Waals surface area (Å²) >= 11 is 0. The number of methoxy groups -OCH3 is 3. The first-order chi connectivity index (χ1) is 13.3. The molecule has 0 atom stereocenters. The molecule has 0 bridgehead atoms. The normalized spacial score (nSPS) is 11.4. The first-order valence-electron chi connectivity index (χ1n) is 8.44. The third-order valence-electron chi connectivity index (χ3n) is 4.62. The molecule has 28 heavy (non-hydrogen) atoms. The van der Waals surface area contributed by atoms with Crippen LogP contribution in [0.4, 0.5) is 0 Å². The standard InChI is InChI=1S/C19H22N4O5/c1-21-14(20-17-15(21)18(24)23(3)19(25)22(17)2)8-7-11-9-12(26-4)16(28-6)13(10-11)27-5/h7-10H,1-6H3. The largest absolute Gasteiger partial charge is 0.493 e. The second-order valence-electron chi connectivity index (χ2n) is 6.20. The van der Waals surface area contributed by atoms with Gasteiger partial charge in [-0.05, 0) is 23.8 Å². The molecule has 0 saturated carbocycles. The van der Waals surface area contributed by atoms with Crippen molar-refractivity contribution in [3.63, 3.8) is 0 Å².